The van der Waals surface area contributed by atoms with Gasteiger partial charge in [-0.1, -0.05) is 12.5 Å². The lowest BCUT2D eigenvalue weighted by Gasteiger charge is -2.37. The van der Waals surface area contributed by atoms with Crippen LogP contribution < -0.4 is 5.73 Å². The van der Waals surface area contributed by atoms with Crippen LogP contribution in [0.4, 0.5) is 0 Å². The molecule has 1 heterocycles. The predicted molar refractivity (Wildman–Crippen MR) is 55.7 cm³/mol. The van der Waals surface area contributed by atoms with Crippen molar-refractivity contribution in [1.82, 2.24) is 4.90 Å². The van der Waals surface area contributed by atoms with Crippen molar-refractivity contribution in [3.05, 3.63) is 12.2 Å². The van der Waals surface area contributed by atoms with E-state index < -0.39 is 0 Å². The molecular weight excluding hydrogens is 176 g/mol. The maximum Gasteiger partial charge on any atom is 0.246 e. The summed E-state index contributed by atoms with van der Waals surface area (Å²) < 4.78 is 0. The first-order valence-corrected chi connectivity index (χ1v) is 5.41. The minimum Gasteiger partial charge on any atom is -0.339 e. The smallest absolute Gasteiger partial charge is 0.246 e. The summed E-state index contributed by atoms with van der Waals surface area (Å²) in [5.74, 6) is 0.138. The summed E-state index contributed by atoms with van der Waals surface area (Å²) in [7, 11) is 0. The quantitative estimate of drug-likeness (QED) is 0.664. The molecule has 0 aromatic heterocycles. The number of hydrogen-bond donors (Lipinski definition) is 1. The average molecular weight is 194 g/mol. The van der Waals surface area contributed by atoms with E-state index in [-0.39, 0.29) is 5.91 Å². The normalized spacial score (nSPS) is 24.5. The Morgan fingerprint density at radius 1 is 1.43 bits per heavy atom. The fourth-order valence-corrected chi connectivity index (χ4v) is 2.48. The zero-order valence-corrected chi connectivity index (χ0v) is 8.54. The van der Waals surface area contributed by atoms with Crippen LogP contribution in [0.3, 0.4) is 0 Å². The third-order valence-corrected chi connectivity index (χ3v) is 3.56. The predicted octanol–water partition coefficient (Wildman–Crippen LogP) is 0.904. The second-order valence-electron chi connectivity index (χ2n) is 4.50. The number of rotatable bonds is 2. The highest BCUT2D eigenvalue weighted by atomic mass is 16.2. The lowest BCUT2D eigenvalue weighted by molar-refractivity contribution is -0.125. The largest absolute Gasteiger partial charge is 0.339 e. The molecule has 78 valence electrons. The summed E-state index contributed by atoms with van der Waals surface area (Å²) in [6, 6.07) is 0. The number of amides is 1. The van der Waals surface area contributed by atoms with Gasteiger partial charge in [0.15, 0.2) is 0 Å². The van der Waals surface area contributed by atoms with Gasteiger partial charge in [0.2, 0.25) is 5.91 Å². The van der Waals surface area contributed by atoms with E-state index in [0.717, 1.165) is 13.1 Å². The highest BCUT2D eigenvalue weighted by Gasteiger charge is 2.43. The Morgan fingerprint density at radius 3 is 2.71 bits per heavy atom. The Bertz CT molecular complexity index is 256. The van der Waals surface area contributed by atoms with Gasteiger partial charge < -0.3 is 10.6 Å². The molecule has 2 aliphatic rings. The van der Waals surface area contributed by atoms with E-state index in [1.54, 1.807) is 12.2 Å². The van der Waals surface area contributed by atoms with Gasteiger partial charge in [-0.3, -0.25) is 4.79 Å². The molecule has 0 atom stereocenters. The minimum absolute atomic E-state index is 0.138. The maximum absolute atomic E-state index is 11.6. The van der Waals surface area contributed by atoms with Crippen LogP contribution in [0.2, 0.25) is 0 Å². The number of carbonyl (C=O) groups is 1. The summed E-state index contributed by atoms with van der Waals surface area (Å²) >= 11 is 0. The van der Waals surface area contributed by atoms with E-state index in [2.05, 4.69) is 0 Å². The van der Waals surface area contributed by atoms with Crippen molar-refractivity contribution in [3.63, 3.8) is 0 Å². The molecule has 3 heteroatoms. The molecule has 0 aromatic rings. The Labute approximate surface area is 84.9 Å². The van der Waals surface area contributed by atoms with Crippen molar-refractivity contribution in [2.45, 2.75) is 25.7 Å². The fraction of sp³-hybridized carbons (Fsp3) is 0.727. The summed E-state index contributed by atoms with van der Waals surface area (Å²) in [6.45, 7) is 2.36. The van der Waals surface area contributed by atoms with Gasteiger partial charge >= 0.3 is 0 Å². The first-order chi connectivity index (χ1) is 6.76. The standard InChI is InChI=1S/C11H18N2O/c12-7-1-3-10(14)13-8-6-11(9-13)4-2-5-11/h1,3H,2,4-9,12H2/b3-1+. The van der Waals surface area contributed by atoms with Crippen LogP contribution in [-0.2, 0) is 4.79 Å². The second-order valence-corrected chi connectivity index (χ2v) is 4.50. The molecule has 0 aromatic carbocycles. The van der Waals surface area contributed by atoms with E-state index in [0.29, 0.717) is 12.0 Å². The average Bonchev–Trinajstić information content (AvgIpc) is 2.58. The molecule has 0 radical (unpaired) electrons. The summed E-state index contributed by atoms with van der Waals surface area (Å²) in [6.07, 6.45) is 8.52. The first-order valence-electron chi connectivity index (χ1n) is 5.41. The van der Waals surface area contributed by atoms with Crippen molar-refractivity contribution in [2.75, 3.05) is 19.6 Å². The van der Waals surface area contributed by atoms with E-state index >= 15 is 0 Å². The molecule has 0 unspecified atom stereocenters. The summed E-state index contributed by atoms with van der Waals surface area (Å²) in [4.78, 5) is 13.6. The molecule has 1 spiro atoms. The van der Waals surface area contributed by atoms with Crippen molar-refractivity contribution < 1.29 is 4.79 Å². The molecular formula is C11H18N2O. The van der Waals surface area contributed by atoms with Crippen LogP contribution in [0, 0.1) is 5.41 Å². The van der Waals surface area contributed by atoms with Crippen LogP contribution in [0.15, 0.2) is 12.2 Å². The van der Waals surface area contributed by atoms with Crippen LogP contribution >= 0.6 is 0 Å². The molecule has 2 N–H and O–H groups in total. The summed E-state index contributed by atoms with van der Waals surface area (Å²) in [5, 5.41) is 0. The number of hydrogen-bond acceptors (Lipinski definition) is 2. The molecule has 1 saturated carbocycles. The second kappa shape index (κ2) is 3.73. The van der Waals surface area contributed by atoms with Gasteiger partial charge in [0.25, 0.3) is 0 Å². The van der Waals surface area contributed by atoms with Gasteiger partial charge in [0.05, 0.1) is 0 Å². The Kier molecular flexibility index (Phi) is 2.59. The number of nitrogens with two attached hydrogens (primary N) is 1. The number of likely N-dealkylation sites (tertiary alicyclic amines) is 1. The van der Waals surface area contributed by atoms with Crippen molar-refractivity contribution in [3.8, 4) is 0 Å². The maximum atomic E-state index is 11.6. The van der Waals surface area contributed by atoms with Crippen molar-refractivity contribution in [1.29, 1.82) is 0 Å². The van der Waals surface area contributed by atoms with E-state index in [1.807, 2.05) is 4.90 Å². The lowest BCUT2D eigenvalue weighted by Crippen LogP contribution is -2.35. The Hall–Kier alpha value is -0.830. The van der Waals surface area contributed by atoms with Crippen LogP contribution in [0.1, 0.15) is 25.7 Å². The van der Waals surface area contributed by atoms with Crippen molar-refractivity contribution in [2.24, 2.45) is 11.1 Å². The third kappa shape index (κ3) is 1.69. The number of nitrogens with zero attached hydrogens (tertiary/aromatic N) is 1. The van der Waals surface area contributed by atoms with Gasteiger partial charge in [-0.05, 0) is 24.7 Å². The Balaban J connectivity index is 1.88. The molecule has 1 saturated heterocycles. The van der Waals surface area contributed by atoms with E-state index in [1.165, 1.54) is 25.7 Å². The van der Waals surface area contributed by atoms with Gasteiger partial charge in [-0.2, -0.15) is 0 Å². The number of carbonyl (C=O) groups excluding carboxylic acids is 1. The van der Waals surface area contributed by atoms with E-state index in [9.17, 15) is 4.79 Å². The highest BCUT2D eigenvalue weighted by Crippen LogP contribution is 2.47. The molecule has 14 heavy (non-hydrogen) atoms. The molecule has 3 nitrogen and oxygen atoms in total. The van der Waals surface area contributed by atoms with Gasteiger partial charge in [0, 0.05) is 25.7 Å². The molecule has 0 bridgehead atoms. The molecule has 1 aliphatic heterocycles. The Morgan fingerprint density at radius 2 is 2.21 bits per heavy atom. The van der Waals surface area contributed by atoms with Crippen LogP contribution in [0.25, 0.3) is 0 Å². The van der Waals surface area contributed by atoms with Crippen LogP contribution in [-0.4, -0.2) is 30.4 Å². The first kappa shape index (κ1) is 9.71. The van der Waals surface area contributed by atoms with Crippen LogP contribution in [0.5, 0.6) is 0 Å². The van der Waals surface area contributed by atoms with Gasteiger partial charge in [-0.25, -0.2) is 0 Å². The zero-order chi connectivity index (χ0) is 10.0. The van der Waals surface area contributed by atoms with Crippen molar-refractivity contribution >= 4 is 5.91 Å². The molecule has 2 rings (SSSR count). The fourth-order valence-electron chi connectivity index (χ4n) is 2.48. The molecule has 1 aliphatic carbocycles. The zero-order valence-electron chi connectivity index (χ0n) is 8.54. The summed E-state index contributed by atoms with van der Waals surface area (Å²) in [5.41, 5.74) is 5.81. The van der Waals surface area contributed by atoms with Gasteiger partial charge in [0.1, 0.15) is 0 Å². The lowest BCUT2D eigenvalue weighted by atomic mass is 9.68. The monoisotopic (exact) mass is 194 g/mol. The third-order valence-electron chi connectivity index (χ3n) is 3.56. The highest BCUT2D eigenvalue weighted by molar-refractivity contribution is 5.87. The topological polar surface area (TPSA) is 46.3 Å². The van der Waals surface area contributed by atoms with E-state index in [4.69, 9.17) is 5.73 Å². The molecule has 2 fully saturated rings. The van der Waals surface area contributed by atoms with Gasteiger partial charge in [-0.15, -0.1) is 0 Å². The minimum atomic E-state index is 0.138. The molecule has 1 amide bonds. The SMILES string of the molecule is NC/C=C/C(=O)N1CCC2(CCC2)C1.